The zero-order chi connectivity index (χ0) is 12.1. The van der Waals surface area contributed by atoms with Gasteiger partial charge in [0.25, 0.3) is 0 Å². The van der Waals surface area contributed by atoms with E-state index in [0.717, 1.165) is 13.1 Å². The fraction of sp³-hybridized carbons (Fsp3) is 0.800. The molecule has 0 radical (unpaired) electrons. The van der Waals surface area contributed by atoms with Crippen LogP contribution in [0.2, 0.25) is 0 Å². The van der Waals surface area contributed by atoms with Gasteiger partial charge in [0.05, 0.1) is 18.5 Å². The number of ether oxygens (including phenoxy) is 1. The van der Waals surface area contributed by atoms with E-state index in [4.69, 9.17) is 0 Å². The summed E-state index contributed by atoms with van der Waals surface area (Å²) in [4.78, 5) is 26.4. The van der Waals surface area contributed by atoms with Crippen LogP contribution in [0.5, 0.6) is 0 Å². The maximum atomic E-state index is 11.7. The van der Waals surface area contributed by atoms with Crippen molar-refractivity contribution in [1.29, 1.82) is 0 Å². The van der Waals surface area contributed by atoms with Crippen molar-refractivity contribution < 1.29 is 14.3 Å². The maximum absolute atomic E-state index is 11.7. The van der Waals surface area contributed by atoms with E-state index in [1.165, 1.54) is 7.11 Å². The van der Waals surface area contributed by atoms with Gasteiger partial charge in [-0.25, -0.2) is 0 Å². The summed E-state index contributed by atoms with van der Waals surface area (Å²) >= 11 is 3.26. The lowest BCUT2D eigenvalue weighted by molar-refractivity contribution is -0.142. The van der Waals surface area contributed by atoms with Crippen LogP contribution in [0.3, 0.4) is 0 Å². The van der Waals surface area contributed by atoms with E-state index in [2.05, 4.69) is 20.7 Å². The first-order chi connectivity index (χ1) is 7.54. The number of nitrogens with zero attached hydrogens (tertiary/aromatic N) is 2. The summed E-state index contributed by atoms with van der Waals surface area (Å²) in [5.74, 6) is -0.119. The Hall–Kier alpha value is -0.620. The Labute approximate surface area is 104 Å². The molecule has 16 heavy (non-hydrogen) atoms. The molecule has 1 unspecified atom stereocenters. The van der Waals surface area contributed by atoms with Gasteiger partial charge in [-0.05, 0) is 6.92 Å². The van der Waals surface area contributed by atoms with Gasteiger partial charge in [-0.3, -0.25) is 14.5 Å². The number of hydrogen-bond donors (Lipinski definition) is 0. The summed E-state index contributed by atoms with van der Waals surface area (Å²) in [6, 6.07) is 0. The SMILES string of the molecule is COC(=O)CN1CCN(C(=O)C(C)Br)CC1. The Bertz CT molecular complexity index is 263. The molecule has 1 rings (SSSR count). The third-order valence-corrected chi connectivity index (χ3v) is 3.00. The van der Waals surface area contributed by atoms with Crippen LogP contribution in [0, 0.1) is 0 Å². The second kappa shape index (κ2) is 6.20. The van der Waals surface area contributed by atoms with Crippen LogP contribution in [0.4, 0.5) is 0 Å². The van der Waals surface area contributed by atoms with Crippen LogP contribution in [0.1, 0.15) is 6.92 Å². The molecule has 1 atom stereocenters. The highest BCUT2D eigenvalue weighted by Gasteiger charge is 2.24. The van der Waals surface area contributed by atoms with Crippen LogP contribution < -0.4 is 0 Å². The van der Waals surface area contributed by atoms with E-state index < -0.39 is 0 Å². The molecule has 5 nitrogen and oxygen atoms in total. The van der Waals surface area contributed by atoms with Gasteiger partial charge in [0.15, 0.2) is 0 Å². The lowest BCUT2D eigenvalue weighted by Crippen LogP contribution is -2.51. The van der Waals surface area contributed by atoms with Crippen LogP contribution in [-0.4, -0.2) is 66.3 Å². The number of hydrogen-bond acceptors (Lipinski definition) is 4. The van der Waals surface area contributed by atoms with Gasteiger partial charge < -0.3 is 9.64 Å². The van der Waals surface area contributed by atoms with Gasteiger partial charge in [0, 0.05) is 26.2 Å². The van der Waals surface area contributed by atoms with Crippen molar-refractivity contribution in [3.63, 3.8) is 0 Å². The molecule has 6 heteroatoms. The fourth-order valence-electron chi connectivity index (χ4n) is 1.63. The Kier molecular flexibility index (Phi) is 5.21. The molecule has 0 aromatic carbocycles. The predicted molar refractivity (Wildman–Crippen MR) is 63.4 cm³/mol. The second-order valence-corrected chi connectivity index (χ2v) is 5.17. The molecule has 0 aliphatic carbocycles. The first-order valence-electron chi connectivity index (χ1n) is 5.26. The molecule has 0 N–H and O–H groups in total. The number of amides is 1. The van der Waals surface area contributed by atoms with Gasteiger partial charge in [0.1, 0.15) is 0 Å². The molecule has 1 heterocycles. The van der Waals surface area contributed by atoms with E-state index in [-0.39, 0.29) is 16.7 Å². The maximum Gasteiger partial charge on any atom is 0.319 e. The molecular formula is C10H17BrN2O3. The number of methoxy groups -OCH3 is 1. The van der Waals surface area contributed by atoms with E-state index in [1.54, 1.807) is 0 Å². The van der Waals surface area contributed by atoms with E-state index in [1.807, 2.05) is 16.7 Å². The quantitative estimate of drug-likeness (QED) is 0.546. The van der Waals surface area contributed by atoms with Crippen molar-refractivity contribution in [3.8, 4) is 0 Å². The molecule has 0 bridgehead atoms. The molecule has 1 aliphatic heterocycles. The molecule has 1 amide bonds. The number of halogens is 1. The summed E-state index contributed by atoms with van der Waals surface area (Å²) < 4.78 is 4.60. The van der Waals surface area contributed by atoms with Crippen LogP contribution >= 0.6 is 15.9 Å². The second-order valence-electron chi connectivity index (χ2n) is 3.79. The Morgan fingerprint density at radius 1 is 1.31 bits per heavy atom. The molecule has 0 aromatic rings. The third-order valence-electron chi connectivity index (χ3n) is 2.60. The summed E-state index contributed by atoms with van der Waals surface area (Å²) in [7, 11) is 1.38. The number of esters is 1. The minimum absolute atomic E-state index is 0.109. The van der Waals surface area contributed by atoms with Crippen molar-refractivity contribution in [2.24, 2.45) is 0 Å². The summed E-state index contributed by atoms with van der Waals surface area (Å²) in [6.45, 7) is 4.92. The molecule has 1 aliphatic rings. The van der Waals surface area contributed by atoms with Crippen LogP contribution in [0.25, 0.3) is 0 Å². The Morgan fingerprint density at radius 3 is 2.31 bits per heavy atom. The van der Waals surface area contributed by atoms with Crippen molar-refractivity contribution in [1.82, 2.24) is 9.80 Å². The molecule has 0 spiro atoms. The molecule has 0 aromatic heterocycles. The molecular weight excluding hydrogens is 276 g/mol. The molecule has 0 saturated carbocycles. The number of carbonyl (C=O) groups excluding carboxylic acids is 2. The lowest BCUT2D eigenvalue weighted by Gasteiger charge is -2.34. The molecule has 92 valence electrons. The van der Waals surface area contributed by atoms with Gasteiger partial charge in [-0.1, -0.05) is 15.9 Å². The van der Waals surface area contributed by atoms with E-state index in [9.17, 15) is 9.59 Å². The smallest absolute Gasteiger partial charge is 0.319 e. The van der Waals surface area contributed by atoms with Crippen LogP contribution in [-0.2, 0) is 14.3 Å². The van der Waals surface area contributed by atoms with Gasteiger partial charge >= 0.3 is 5.97 Å². The predicted octanol–water partition coefficient (Wildman–Crippen LogP) is 0.0870. The normalized spacial score (nSPS) is 19.3. The highest BCUT2D eigenvalue weighted by atomic mass is 79.9. The van der Waals surface area contributed by atoms with Crippen LogP contribution in [0.15, 0.2) is 0 Å². The van der Waals surface area contributed by atoms with Gasteiger partial charge in [-0.2, -0.15) is 0 Å². The molecule has 1 fully saturated rings. The largest absolute Gasteiger partial charge is 0.468 e. The van der Waals surface area contributed by atoms with Crippen molar-refractivity contribution in [3.05, 3.63) is 0 Å². The average molecular weight is 293 g/mol. The van der Waals surface area contributed by atoms with E-state index in [0.29, 0.717) is 19.6 Å². The number of carbonyl (C=O) groups is 2. The topological polar surface area (TPSA) is 49.9 Å². The highest BCUT2D eigenvalue weighted by molar-refractivity contribution is 9.10. The molecule has 1 saturated heterocycles. The van der Waals surface area contributed by atoms with Crippen molar-refractivity contribution in [2.75, 3.05) is 39.8 Å². The fourth-order valence-corrected chi connectivity index (χ4v) is 1.91. The zero-order valence-corrected chi connectivity index (χ0v) is 11.2. The number of rotatable bonds is 3. The minimum atomic E-state index is -0.228. The Morgan fingerprint density at radius 2 is 1.88 bits per heavy atom. The minimum Gasteiger partial charge on any atom is -0.468 e. The summed E-state index contributed by atoms with van der Waals surface area (Å²) in [5, 5.41) is 0. The first kappa shape index (κ1) is 13.4. The van der Waals surface area contributed by atoms with E-state index >= 15 is 0 Å². The van der Waals surface area contributed by atoms with Gasteiger partial charge in [0.2, 0.25) is 5.91 Å². The van der Waals surface area contributed by atoms with Crippen molar-refractivity contribution >= 4 is 27.8 Å². The summed E-state index contributed by atoms with van der Waals surface area (Å²) in [5.41, 5.74) is 0. The number of piperazine rings is 1. The van der Waals surface area contributed by atoms with Crippen molar-refractivity contribution in [2.45, 2.75) is 11.8 Å². The third kappa shape index (κ3) is 3.75. The average Bonchev–Trinajstić information content (AvgIpc) is 2.28. The highest BCUT2D eigenvalue weighted by Crippen LogP contribution is 2.08. The number of alkyl halides is 1. The lowest BCUT2D eigenvalue weighted by atomic mass is 10.3. The first-order valence-corrected chi connectivity index (χ1v) is 6.18. The standard InChI is InChI=1S/C10H17BrN2O3/c1-8(11)10(15)13-5-3-12(4-6-13)7-9(14)16-2/h8H,3-7H2,1-2H3. The van der Waals surface area contributed by atoms with Gasteiger partial charge in [-0.15, -0.1) is 0 Å². The monoisotopic (exact) mass is 292 g/mol. The summed E-state index contributed by atoms with van der Waals surface area (Å²) in [6.07, 6.45) is 0. The Balaban J connectivity index is 2.34. The zero-order valence-electron chi connectivity index (χ0n) is 9.61.